The smallest absolute Gasteiger partial charge is 0.124 e. The molecule has 3 unspecified atom stereocenters. The number of rotatable bonds is 2. The zero-order valence-corrected chi connectivity index (χ0v) is 12.5. The van der Waals surface area contributed by atoms with Crippen molar-refractivity contribution in [2.75, 3.05) is 5.32 Å². The largest absolute Gasteiger partial charge is 0.381 e. The SMILES string of the molecule is CC1CCC(Nc2ccc(F)cc2I)CC1C. The molecule has 1 aromatic carbocycles. The third-order valence-corrected chi connectivity index (χ3v) is 4.78. The van der Waals surface area contributed by atoms with Crippen LogP contribution in [-0.2, 0) is 0 Å². The highest BCUT2D eigenvalue weighted by atomic mass is 127. The van der Waals surface area contributed by atoms with Gasteiger partial charge in [-0.05, 0) is 71.9 Å². The van der Waals surface area contributed by atoms with Gasteiger partial charge in [0.2, 0.25) is 0 Å². The maximum Gasteiger partial charge on any atom is 0.124 e. The van der Waals surface area contributed by atoms with Gasteiger partial charge < -0.3 is 5.32 Å². The molecule has 0 aromatic heterocycles. The quantitative estimate of drug-likeness (QED) is 0.767. The molecular weight excluding hydrogens is 328 g/mol. The Kier molecular flexibility index (Phi) is 4.28. The molecule has 1 saturated carbocycles. The Morgan fingerprint density at radius 3 is 2.65 bits per heavy atom. The molecule has 2 rings (SSSR count). The first kappa shape index (κ1) is 13.1. The highest BCUT2D eigenvalue weighted by molar-refractivity contribution is 14.1. The standard InChI is InChI=1S/C14H19FIN/c1-9-3-5-12(7-10(9)2)17-14-6-4-11(15)8-13(14)16/h4,6,8-10,12,17H,3,5,7H2,1-2H3. The molecule has 1 fully saturated rings. The van der Waals surface area contributed by atoms with Crippen molar-refractivity contribution in [3.63, 3.8) is 0 Å². The van der Waals surface area contributed by atoms with Crippen LogP contribution in [0.5, 0.6) is 0 Å². The van der Waals surface area contributed by atoms with Gasteiger partial charge in [0.1, 0.15) is 5.82 Å². The van der Waals surface area contributed by atoms with Gasteiger partial charge in [0, 0.05) is 15.3 Å². The predicted molar refractivity (Wildman–Crippen MR) is 78.7 cm³/mol. The van der Waals surface area contributed by atoms with Gasteiger partial charge in [-0.3, -0.25) is 0 Å². The van der Waals surface area contributed by atoms with Crippen LogP contribution >= 0.6 is 22.6 Å². The Bertz CT molecular complexity index is 394. The van der Waals surface area contributed by atoms with Crippen LogP contribution in [0.3, 0.4) is 0 Å². The summed E-state index contributed by atoms with van der Waals surface area (Å²) in [6, 6.07) is 5.50. The van der Waals surface area contributed by atoms with E-state index >= 15 is 0 Å². The van der Waals surface area contributed by atoms with Gasteiger partial charge in [-0.2, -0.15) is 0 Å². The van der Waals surface area contributed by atoms with Gasteiger partial charge in [-0.15, -0.1) is 0 Å². The van der Waals surface area contributed by atoms with Crippen LogP contribution in [0.2, 0.25) is 0 Å². The Hall–Kier alpha value is -0.320. The molecule has 1 N–H and O–H groups in total. The lowest BCUT2D eigenvalue weighted by atomic mass is 9.79. The fourth-order valence-corrected chi connectivity index (χ4v) is 3.14. The topological polar surface area (TPSA) is 12.0 Å². The molecule has 0 spiro atoms. The first-order chi connectivity index (χ1) is 8.06. The molecule has 0 bridgehead atoms. The molecule has 1 aliphatic carbocycles. The number of anilines is 1. The molecule has 0 saturated heterocycles. The average Bonchev–Trinajstić information content (AvgIpc) is 2.27. The van der Waals surface area contributed by atoms with E-state index in [9.17, 15) is 4.39 Å². The number of hydrogen-bond acceptors (Lipinski definition) is 1. The number of halogens is 2. The van der Waals surface area contributed by atoms with E-state index in [0.29, 0.717) is 6.04 Å². The maximum absolute atomic E-state index is 13.0. The third kappa shape index (κ3) is 3.33. The van der Waals surface area contributed by atoms with E-state index in [1.807, 2.05) is 6.07 Å². The average molecular weight is 347 g/mol. The minimum atomic E-state index is -0.161. The third-order valence-electron chi connectivity index (χ3n) is 3.89. The van der Waals surface area contributed by atoms with E-state index in [4.69, 9.17) is 0 Å². The molecule has 17 heavy (non-hydrogen) atoms. The van der Waals surface area contributed by atoms with E-state index in [1.165, 1.54) is 25.3 Å². The van der Waals surface area contributed by atoms with Gasteiger partial charge in [0.05, 0.1) is 0 Å². The summed E-state index contributed by atoms with van der Waals surface area (Å²) in [5.74, 6) is 1.45. The second-order valence-corrected chi connectivity index (χ2v) is 6.40. The molecule has 0 radical (unpaired) electrons. The van der Waals surface area contributed by atoms with Crippen molar-refractivity contribution in [3.8, 4) is 0 Å². The van der Waals surface area contributed by atoms with Crippen molar-refractivity contribution in [2.45, 2.75) is 39.2 Å². The molecule has 3 atom stereocenters. The maximum atomic E-state index is 13.0. The van der Waals surface area contributed by atoms with E-state index in [2.05, 4.69) is 41.8 Å². The number of hydrogen-bond donors (Lipinski definition) is 1. The monoisotopic (exact) mass is 347 g/mol. The normalized spacial score (nSPS) is 29.1. The van der Waals surface area contributed by atoms with Gasteiger partial charge in [-0.25, -0.2) is 4.39 Å². The Balaban J connectivity index is 2.01. The Labute approximate surface area is 116 Å². The van der Waals surface area contributed by atoms with Gasteiger partial charge in [0.15, 0.2) is 0 Å². The summed E-state index contributed by atoms with van der Waals surface area (Å²) >= 11 is 2.19. The Morgan fingerprint density at radius 1 is 1.24 bits per heavy atom. The molecule has 0 heterocycles. The molecule has 0 amide bonds. The summed E-state index contributed by atoms with van der Waals surface area (Å²) in [6.45, 7) is 4.66. The van der Waals surface area contributed by atoms with Crippen molar-refractivity contribution in [1.29, 1.82) is 0 Å². The highest BCUT2D eigenvalue weighted by Gasteiger charge is 2.24. The van der Waals surface area contributed by atoms with Crippen molar-refractivity contribution >= 4 is 28.3 Å². The van der Waals surface area contributed by atoms with Gasteiger partial charge in [-0.1, -0.05) is 13.8 Å². The van der Waals surface area contributed by atoms with Crippen molar-refractivity contribution < 1.29 is 4.39 Å². The van der Waals surface area contributed by atoms with Crippen LogP contribution in [-0.4, -0.2) is 6.04 Å². The lowest BCUT2D eigenvalue weighted by molar-refractivity contribution is 0.261. The zero-order valence-electron chi connectivity index (χ0n) is 10.3. The summed E-state index contributed by atoms with van der Waals surface area (Å²) in [5, 5.41) is 3.55. The molecule has 1 aliphatic rings. The second-order valence-electron chi connectivity index (χ2n) is 5.23. The number of benzene rings is 1. The fourth-order valence-electron chi connectivity index (χ4n) is 2.51. The highest BCUT2D eigenvalue weighted by Crippen LogP contribution is 2.32. The van der Waals surface area contributed by atoms with E-state index in [0.717, 1.165) is 21.1 Å². The summed E-state index contributed by atoms with van der Waals surface area (Å²) in [5.41, 5.74) is 1.07. The first-order valence-corrected chi connectivity index (χ1v) is 7.35. The van der Waals surface area contributed by atoms with Crippen molar-refractivity contribution in [1.82, 2.24) is 0 Å². The van der Waals surface area contributed by atoms with Gasteiger partial charge in [0.25, 0.3) is 0 Å². The lowest BCUT2D eigenvalue weighted by Gasteiger charge is -2.33. The van der Waals surface area contributed by atoms with Crippen LogP contribution in [0.25, 0.3) is 0 Å². The van der Waals surface area contributed by atoms with Crippen LogP contribution in [0.15, 0.2) is 18.2 Å². The fraction of sp³-hybridized carbons (Fsp3) is 0.571. The van der Waals surface area contributed by atoms with E-state index in [-0.39, 0.29) is 5.82 Å². The van der Waals surface area contributed by atoms with Crippen molar-refractivity contribution in [3.05, 3.63) is 27.6 Å². The molecule has 3 heteroatoms. The minimum Gasteiger partial charge on any atom is -0.381 e. The molecule has 1 aromatic rings. The van der Waals surface area contributed by atoms with Crippen LogP contribution in [0.1, 0.15) is 33.1 Å². The van der Waals surface area contributed by atoms with Crippen LogP contribution < -0.4 is 5.32 Å². The van der Waals surface area contributed by atoms with Crippen LogP contribution in [0, 0.1) is 21.2 Å². The zero-order chi connectivity index (χ0) is 12.4. The van der Waals surface area contributed by atoms with Crippen LogP contribution in [0.4, 0.5) is 10.1 Å². The van der Waals surface area contributed by atoms with E-state index in [1.54, 1.807) is 6.07 Å². The molecule has 0 aliphatic heterocycles. The molecule has 1 nitrogen and oxygen atoms in total. The van der Waals surface area contributed by atoms with Gasteiger partial charge >= 0.3 is 0 Å². The first-order valence-electron chi connectivity index (χ1n) is 6.28. The summed E-state index contributed by atoms with van der Waals surface area (Å²) < 4.78 is 14.0. The lowest BCUT2D eigenvalue weighted by Crippen LogP contribution is -2.30. The molecular formula is C14H19FIN. The van der Waals surface area contributed by atoms with Crippen molar-refractivity contribution in [2.24, 2.45) is 11.8 Å². The minimum absolute atomic E-state index is 0.161. The summed E-state index contributed by atoms with van der Waals surface area (Å²) in [4.78, 5) is 0. The Morgan fingerprint density at radius 2 is 2.00 bits per heavy atom. The predicted octanol–water partition coefficient (Wildman–Crippen LogP) is 4.67. The summed E-state index contributed by atoms with van der Waals surface area (Å²) in [7, 11) is 0. The molecule has 94 valence electrons. The summed E-state index contributed by atoms with van der Waals surface area (Å²) in [6.07, 6.45) is 3.73. The number of nitrogens with one attached hydrogen (secondary N) is 1. The van der Waals surface area contributed by atoms with E-state index < -0.39 is 0 Å². The second kappa shape index (κ2) is 5.55.